The monoisotopic (exact) mass is 376 g/mol. The molecule has 0 saturated heterocycles. The van der Waals surface area contributed by atoms with E-state index in [1.54, 1.807) is 24.5 Å². The van der Waals surface area contributed by atoms with E-state index in [0.29, 0.717) is 41.3 Å². The van der Waals surface area contributed by atoms with Crippen LogP contribution in [0.15, 0.2) is 24.5 Å². The number of allylic oxidation sites excluding steroid dienone is 1. The predicted molar refractivity (Wildman–Crippen MR) is 104 cm³/mol. The average Bonchev–Trinajstić information content (AvgIpc) is 2.67. The molecule has 0 bridgehead atoms. The molecule has 0 saturated carbocycles. The van der Waals surface area contributed by atoms with E-state index in [4.69, 9.17) is 4.74 Å². The van der Waals surface area contributed by atoms with Gasteiger partial charge in [-0.25, -0.2) is 13.2 Å². The maximum absolute atomic E-state index is 15.1. The standard InChI is InChI=1S/C23H27F3O/c1-3-5-6-8-18-11-9-17(14-27-18)19-12-10-15-13-16(7-4-2)21(24)23(26)20(15)22(19)25/h10,12-14,18H,3-9,11H2,1-2H3. The van der Waals surface area contributed by atoms with Crippen molar-refractivity contribution in [3.63, 3.8) is 0 Å². The lowest BCUT2D eigenvalue weighted by molar-refractivity contribution is 0.116. The summed E-state index contributed by atoms with van der Waals surface area (Å²) >= 11 is 0. The lowest BCUT2D eigenvalue weighted by Gasteiger charge is -2.24. The first kappa shape index (κ1) is 19.8. The first-order valence-electron chi connectivity index (χ1n) is 10.0. The highest BCUT2D eigenvalue weighted by molar-refractivity contribution is 5.88. The van der Waals surface area contributed by atoms with Crippen LogP contribution >= 0.6 is 0 Å². The van der Waals surface area contributed by atoms with Gasteiger partial charge in [0.1, 0.15) is 5.82 Å². The number of aryl methyl sites for hydroxylation is 1. The van der Waals surface area contributed by atoms with E-state index in [0.717, 1.165) is 25.7 Å². The summed E-state index contributed by atoms with van der Waals surface area (Å²) in [7, 11) is 0. The van der Waals surface area contributed by atoms with Gasteiger partial charge in [-0.1, -0.05) is 45.2 Å². The van der Waals surface area contributed by atoms with Gasteiger partial charge in [0.05, 0.1) is 17.8 Å². The molecule has 0 N–H and O–H groups in total. The van der Waals surface area contributed by atoms with Crippen LogP contribution in [0.5, 0.6) is 0 Å². The third-order valence-electron chi connectivity index (χ3n) is 5.33. The molecular formula is C23H27F3O. The van der Waals surface area contributed by atoms with E-state index in [1.165, 1.54) is 6.42 Å². The molecule has 0 spiro atoms. The summed E-state index contributed by atoms with van der Waals surface area (Å²) < 4.78 is 49.7. The van der Waals surface area contributed by atoms with Crippen molar-refractivity contribution in [2.75, 3.05) is 0 Å². The van der Waals surface area contributed by atoms with Gasteiger partial charge in [-0.15, -0.1) is 0 Å². The minimum Gasteiger partial charge on any atom is -0.498 e. The van der Waals surface area contributed by atoms with E-state index in [-0.39, 0.29) is 11.5 Å². The van der Waals surface area contributed by atoms with Gasteiger partial charge < -0.3 is 4.74 Å². The van der Waals surface area contributed by atoms with E-state index < -0.39 is 17.5 Å². The van der Waals surface area contributed by atoms with Crippen molar-refractivity contribution in [1.82, 2.24) is 0 Å². The molecule has 1 aliphatic rings. The highest BCUT2D eigenvalue weighted by Gasteiger charge is 2.22. The highest BCUT2D eigenvalue weighted by atomic mass is 19.2. The van der Waals surface area contributed by atoms with Gasteiger partial charge in [0.2, 0.25) is 0 Å². The zero-order chi connectivity index (χ0) is 19.4. The minimum absolute atomic E-state index is 0.162. The Balaban J connectivity index is 1.89. The Morgan fingerprint density at radius 3 is 2.48 bits per heavy atom. The number of benzene rings is 2. The smallest absolute Gasteiger partial charge is 0.169 e. The second-order valence-electron chi connectivity index (χ2n) is 7.37. The van der Waals surface area contributed by atoms with Crippen LogP contribution in [-0.4, -0.2) is 6.10 Å². The lowest BCUT2D eigenvalue weighted by Crippen LogP contribution is -2.14. The van der Waals surface area contributed by atoms with Crippen LogP contribution in [0, 0.1) is 17.5 Å². The van der Waals surface area contributed by atoms with Crippen LogP contribution in [-0.2, 0) is 11.2 Å². The van der Waals surface area contributed by atoms with Crippen molar-refractivity contribution >= 4 is 16.3 Å². The summed E-state index contributed by atoms with van der Waals surface area (Å²) in [6.45, 7) is 4.06. The number of fused-ring (bicyclic) bond motifs is 1. The molecule has 1 heterocycles. The molecular weight excluding hydrogens is 349 g/mol. The van der Waals surface area contributed by atoms with Crippen LogP contribution < -0.4 is 0 Å². The Morgan fingerprint density at radius 2 is 1.81 bits per heavy atom. The molecule has 1 unspecified atom stereocenters. The SMILES string of the molecule is CCCCCC1CCC(c2ccc3cc(CCC)c(F)c(F)c3c2F)=CO1. The van der Waals surface area contributed by atoms with Gasteiger partial charge in [-0.3, -0.25) is 0 Å². The average molecular weight is 376 g/mol. The normalized spacial score (nSPS) is 17.1. The topological polar surface area (TPSA) is 9.23 Å². The van der Waals surface area contributed by atoms with Gasteiger partial charge in [0.15, 0.2) is 11.6 Å². The van der Waals surface area contributed by atoms with E-state index >= 15 is 4.39 Å². The second kappa shape index (κ2) is 8.81. The molecule has 2 aromatic rings. The molecule has 1 aliphatic heterocycles. The fourth-order valence-corrected chi connectivity index (χ4v) is 3.79. The number of unbranched alkanes of at least 4 members (excludes halogenated alkanes) is 2. The number of hydrogen-bond donors (Lipinski definition) is 0. The molecule has 0 amide bonds. The summed E-state index contributed by atoms with van der Waals surface area (Å²) in [6, 6.07) is 4.88. The van der Waals surface area contributed by atoms with Crippen LogP contribution in [0.2, 0.25) is 0 Å². The fraction of sp³-hybridized carbons (Fsp3) is 0.478. The molecule has 0 radical (unpaired) electrons. The number of rotatable bonds is 7. The highest BCUT2D eigenvalue weighted by Crippen LogP contribution is 2.35. The van der Waals surface area contributed by atoms with Gasteiger partial charge >= 0.3 is 0 Å². The first-order chi connectivity index (χ1) is 13.1. The number of halogens is 3. The maximum atomic E-state index is 15.1. The van der Waals surface area contributed by atoms with Gasteiger partial charge in [-0.2, -0.15) is 0 Å². The predicted octanol–water partition coefficient (Wildman–Crippen LogP) is 7.31. The molecule has 1 nitrogen and oxygen atoms in total. The van der Waals surface area contributed by atoms with E-state index in [9.17, 15) is 8.78 Å². The molecule has 1 atom stereocenters. The zero-order valence-electron chi connectivity index (χ0n) is 16.1. The van der Waals surface area contributed by atoms with Gasteiger partial charge in [0.25, 0.3) is 0 Å². The Labute approximate surface area is 159 Å². The minimum atomic E-state index is -1.09. The summed E-state index contributed by atoms with van der Waals surface area (Å²) in [6.07, 6.45) is 8.86. The summed E-state index contributed by atoms with van der Waals surface area (Å²) in [5, 5.41) is 0.129. The second-order valence-corrected chi connectivity index (χ2v) is 7.37. The van der Waals surface area contributed by atoms with Crippen molar-refractivity contribution < 1.29 is 17.9 Å². The first-order valence-corrected chi connectivity index (χ1v) is 10.0. The lowest BCUT2D eigenvalue weighted by atomic mass is 9.93. The Morgan fingerprint density at radius 1 is 1.00 bits per heavy atom. The van der Waals surface area contributed by atoms with Gasteiger partial charge in [0, 0.05) is 5.56 Å². The summed E-state index contributed by atoms with van der Waals surface area (Å²) in [5.74, 6) is -2.73. The molecule has 4 heteroatoms. The molecule has 0 aliphatic carbocycles. The Hall–Kier alpha value is -1.97. The van der Waals surface area contributed by atoms with Gasteiger partial charge in [-0.05, 0) is 54.7 Å². The van der Waals surface area contributed by atoms with Crippen LogP contribution in [0.4, 0.5) is 13.2 Å². The summed E-state index contributed by atoms with van der Waals surface area (Å²) in [4.78, 5) is 0. The van der Waals surface area contributed by atoms with Crippen molar-refractivity contribution in [2.24, 2.45) is 0 Å². The third-order valence-corrected chi connectivity index (χ3v) is 5.33. The molecule has 0 aromatic heterocycles. The molecule has 2 aromatic carbocycles. The molecule has 146 valence electrons. The maximum Gasteiger partial charge on any atom is 0.169 e. The third kappa shape index (κ3) is 4.15. The van der Waals surface area contributed by atoms with Crippen molar-refractivity contribution in [1.29, 1.82) is 0 Å². The Kier molecular flexibility index (Phi) is 6.46. The summed E-state index contributed by atoms with van der Waals surface area (Å²) in [5.41, 5.74) is 1.31. The van der Waals surface area contributed by atoms with Crippen molar-refractivity contribution in [3.8, 4) is 0 Å². The molecule has 3 rings (SSSR count). The van der Waals surface area contributed by atoms with Crippen molar-refractivity contribution in [3.05, 3.63) is 53.0 Å². The Bertz CT molecular complexity index is 841. The molecule has 27 heavy (non-hydrogen) atoms. The van der Waals surface area contributed by atoms with E-state index in [2.05, 4.69) is 6.92 Å². The van der Waals surface area contributed by atoms with Crippen LogP contribution in [0.3, 0.4) is 0 Å². The quantitative estimate of drug-likeness (QED) is 0.460. The molecule has 0 fully saturated rings. The number of hydrogen-bond acceptors (Lipinski definition) is 1. The number of ether oxygens (including phenoxy) is 1. The fourth-order valence-electron chi connectivity index (χ4n) is 3.79. The zero-order valence-corrected chi connectivity index (χ0v) is 16.1. The largest absolute Gasteiger partial charge is 0.498 e. The van der Waals surface area contributed by atoms with E-state index in [1.807, 2.05) is 6.92 Å². The van der Waals surface area contributed by atoms with Crippen LogP contribution in [0.25, 0.3) is 16.3 Å². The van der Waals surface area contributed by atoms with Crippen LogP contribution in [0.1, 0.15) is 69.9 Å². The van der Waals surface area contributed by atoms with Crippen molar-refractivity contribution in [2.45, 2.75) is 71.3 Å².